The molecule has 9 heteroatoms. The summed E-state index contributed by atoms with van der Waals surface area (Å²) in [5.41, 5.74) is 3.05. The first-order valence-corrected chi connectivity index (χ1v) is 13.5. The van der Waals surface area contributed by atoms with E-state index in [1.807, 2.05) is 44.2 Å². The van der Waals surface area contributed by atoms with E-state index in [0.29, 0.717) is 22.5 Å². The van der Waals surface area contributed by atoms with E-state index >= 15 is 0 Å². The van der Waals surface area contributed by atoms with Gasteiger partial charge in [0.15, 0.2) is 15.0 Å². The average Bonchev–Trinajstić information content (AvgIpc) is 3.14. The molecule has 0 spiro atoms. The fourth-order valence-corrected chi connectivity index (χ4v) is 6.92. The summed E-state index contributed by atoms with van der Waals surface area (Å²) in [5, 5.41) is 0.387. The van der Waals surface area contributed by atoms with Gasteiger partial charge < -0.3 is 4.90 Å². The van der Waals surface area contributed by atoms with Crippen molar-refractivity contribution in [1.29, 1.82) is 0 Å². The number of amides is 1. The summed E-state index contributed by atoms with van der Waals surface area (Å²) < 4.78 is 25.3. The summed E-state index contributed by atoms with van der Waals surface area (Å²) in [4.78, 5) is 33.0. The first kappa shape index (κ1) is 23.5. The number of sulfone groups is 1. The molecular weight excluding hydrogens is 458 g/mol. The number of aromatic nitrogens is 2. The highest BCUT2D eigenvalue weighted by atomic mass is 32.2. The molecule has 2 heterocycles. The number of carbonyl (C=O) groups excluding carboxylic acids is 1. The molecule has 33 heavy (non-hydrogen) atoms. The number of thioether (sulfide) groups is 1. The number of hydrogen-bond acceptors (Lipinski definition) is 6. The number of para-hydroxylation sites is 1. The highest BCUT2D eigenvalue weighted by Crippen LogP contribution is 2.28. The van der Waals surface area contributed by atoms with E-state index in [-0.39, 0.29) is 29.0 Å². The first-order valence-electron chi connectivity index (χ1n) is 10.8. The Kier molecular flexibility index (Phi) is 6.37. The van der Waals surface area contributed by atoms with Gasteiger partial charge in [-0.3, -0.25) is 14.2 Å². The molecular formula is C24H27N3O4S2. The van der Waals surface area contributed by atoms with Crippen LogP contribution in [0.15, 0.2) is 52.4 Å². The van der Waals surface area contributed by atoms with Gasteiger partial charge in [-0.25, -0.2) is 13.4 Å². The summed E-state index contributed by atoms with van der Waals surface area (Å²) >= 11 is 1.21. The van der Waals surface area contributed by atoms with Crippen LogP contribution in [0.2, 0.25) is 0 Å². The van der Waals surface area contributed by atoms with Crippen molar-refractivity contribution in [3.05, 3.63) is 63.9 Å². The average molecular weight is 486 g/mol. The fraction of sp³-hybridized carbons (Fsp3) is 0.375. The molecule has 1 amide bonds. The van der Waals surface area contributed by atoms with Gasteiger partial charge in [0.1, 0.15) is 0 Å². The molecule has 0 radical (unpaired) electrons. The monoisotopic (exact) mass is 485 g/mol. The van der Waals surface area contributed by atoms with E-state index in [2.05, 4.69) is 0 Å². The molecule has 4 rings (SSSR count). The summed E-state index contributed by atoms with van der Waals surface area (Å²) in [7, 11) is -1.45. The molecule has 2 aromatic carbocycles. The molecule has 0 saturated carbocycles. The van der Waals surface area contributed by atoms with E-state index in [0.717, 1.165) is 16.8 Å². The Bertz CT molecular complexity index is 1400. The molecule has 0 bridgehead atoms. The molecule has 174 valence electrons. The number of hydrogen-bond donors (Lipinski definition) is 0. The minimum Gasteiger partial charge on any atom is -0.341 e. The van der Waals surface area contributed by atoms with Crippen molar-refractivity contribution in [3.63, 3.8) is 0 Å². The number of rotatable bonds is 5. The van der Waals surface area contributed by atoms with Gasteiger partial charge in [-0.2, -0.15) is 0 Å². The van der Waals surface area contributed by atoms with Gasteiger partial charge >= 0.3 is 0 Å². The SMILES string of the molecule is Cc1ccc(C)c(-n2c(SC(C)C(=O)N(C)C3CCS(=O)(=O)C3)nc3ccccc3c2=O)c1. The Morgan fingerprint density at radius 2 is 1.94 bits per heavy atom. The van der Waals surface area contributed by atoms with Crippen molar-refractivity contribution in [2.24, 2.45) is 0 Å². The number of aryl methyl sites for hydroxylation is 2. The van der Waals surface area contributed by atoms with Crippen molar-refractivity contribution in [3.8, 4) is 5.69 Å². The minimum atomic E-state index is -3.10. The molecule has 3 aromatic rings. The van der Waals surface area contributed by atoms with Crippen molar-refractivity contribution in [2.75, 3.05) is 18.6 Å². The second-order valence-electron chi connectivity index (χ2n) is 8.61. The lowest BCUT2D eigenvalue weighted by Gasteiger charge is -2.26. The van der Waals surface area contributed by atoms with Gasteiger partial charge in [-0.15, -0.1) is 0 Å². The van der Waals surface area contributed by atoms with Crippen LogP contribution in [0.5, 0.6) is 0 Å². The van der Waals surface area contributed by atoms with Crippen LogP contribution < -0.4 is 5.56 Å². The van der Waals surface area contributed by atoms with Gasteiger partial charge in [0.2, 0.25) is 5.91 Å². The topological polar surface area (TPSA) is 89.3 Å². The van der Waals surface area contributed by atoms with Crippen molar-refractivity contribution < 1.29 is 13.2 Å². The molecule has 1 saturated heterocycles. The predicted molar refractivity (Wildman–Crippen MR) is 132 cm³/mol. The van der Waals surface area contributed by atoms with Gasteiger partial charge in [0.05, 0.1) is 33.3 Å². The number of fused-ring (bicyclic) bond motifs is 1. The molecule has 1 fully saturated rings. The zero-order valence-corrected chi connectivity index (χ0v) is 20.7. The van der Waals surface area contributed by atoms with Crippen LogP contribution in [0.25, 0.3) is 16.6 Å². The number of carbonyl (C=O) groups is 1. The van der Waals surface area contributed by atoms with Crippen LogP contribution >= 0.6 is 11.8 Å². The van der Waals surface area contributed by atoms with E-state index in [1.165, 1.54) is 16.7 Å². The molecule has 2 atom stereocenters. The lowest BCUT2D eigenvalue weighted by molar-refractivity contribution is -0.130. The predicted octanol–water partition coefficient (Wildman–Crippen LogP) is 3.13. The largest absolute Gasteiger partial charge is 0.341 e. The summed E-state index contributed by atoms with van der Waals surface area (Å²) in [6.07, 6.45) is 0.448. The van der Waals surface area contributed by atoms with E-state index < -0.39 is 15.1 Å². The molecule has 0 N–H and O–H groups in total. The second-order valence-corrected chi connectivity index (χ2v) is 12.1. The summed E-state index contributed by atoms with van der Waals surface area (Å²) in [5.74, 6) is -0.0829. The second kappa shape index (κ2) is 8.95. The highest BCUT2D eigenvalue weighted by Gasteiger charge is 2.34. The number of benzene rings is 2. The van der Waals surface area contributed by atoms with Crippen LogP contribution in [0.4, 0.5) is 0 Å². The molecule has 0 aliphatic carbocycles. The van der Waals surface area contributed by atoms with Gasteiger partial charge in [0, 0.05) is 13.1 Å². The zero-order chi connectivity index (χ0) is 23.9. The standard InChI is InChI=1S/C24H27N3O4S2/c1-15-9-10-16(2)21(13-15)27-23(29)19-7-5-6-8-20(19)25-24(27)32-17(3)22(28)26(4)18-11-12-33(30,31)14-18/h5-10,13,17-18H,11-12,14H2,1-4H3. The molecule has 1 aromatic heterocycles. The quantitative estimate of drug-likeness (QED) is 0.408. The maximum Gasteiger partial charge on any atom is 0.266 e. The van der Waals surface area contributed by atoms with Crippen LogP contribution in [0, 0.1) is 13.8 Å². The maximum atomic E-state index is 13.5. The Balaban J connectivity index is 1.74. The van der Waals surface area contributed by atoms with Crippen LogP contribution in [0.3, 0.4) is 0 Å². The van der Waals surface area contributed by atoms with Gasteiger partial charge in [0.25, 0.3) is 5.56 Å². The Morgan fingerprint density at radius 3 is 2.64 bits per heavy atom. The maximum absolute atomic E-state index is 13.5. The third-order valence-corrected chi connectivity index (χ3v) is 8.87. The van der Waals surface area contributed by atoms with E-state index in [4.69, 9.17) is 4.98 Å². The van der Waals surface area contributed by atoms with Crippen LogP contribution in [-0.2, 0) is 14.6 Å². The Morgan fingerprint density at radius 1 is 1.21 bits per heavy atom. The van der Waals surface area contributed by atoms with Crippen molar-refractivity contribution >= 4 is 38.4 Å². The molecule has 7 nitrogen and oxygen atoms in total. The first-order chi connectivity index (χ1) is 15.6. The molecule has 1 aliphatic heterocycles. The Hall–Kier alpha value is -2.65. The normalized spacial score (nSPS) is 18.4. The highest BCUT2D eigenvalue weighted by molar-refractivity contribution is 8.00. The molecule has 2 unspecified atom stereocenters. The minimum absolute atomic E-state index is 0.00591. The third kappa shape index (κ3) is 4.70. The van der Waals surface area contributed by atoms with Crippen molar-refractivity contribution in [2.45, 2.75) is 43.6 Å². The summed E-state index contributed by atoms with van der Waals surface area (Å²) in [6.45, 7) is 5.67. The van der Waals surface area contributed by atoms with Crippen molar-refractivity contribution in [1.82, 2.24) is 14.5 Å². The Labute approximate surface area is 197 Å². The van der Waals surface area contributed by atoms with Gasteiger partial charge in [-0.1, -0.05) is 36.0 Å². The lowest BCUT2D eigenvalue weighted by Crippen LogP contribution is -2.42. The van der Waals surface area contributed by atoms with Gasteiger partial charge in [-0.05, 0) is 56.5 Å². The van der Waals surface area contributed by atoms with Crippen LogP contribution in [-0.4, -0.2) is 58.6 Å². The lowest BCUT2D eigenvalue weighted by atomic mass is 10.1. The molecule has 1 aliphatic rings. The van der Waals surface area contributed by atoms with Crippen LogP contribution in [0.1, 0.15) is 24.5 Å². The zero-order valence-electron chi connectivity index (χ0n) is 19.1. The smallest absolute Gasteiger partial charge is 0.266 e. The summed E-state index contributed by atoms with van der Waals surface area (Å²) in [6, 6.07) is 12.7. The fourth-order valence-electron chi connectivity index (χ4n) is 4.12. The van der Waals surface area contributed by atoms with E-state index in [9.17, 15) is 18.0 Å². The van der Waals surface area contributed by atoms with E-state index in [1.54, 1.807) is 30.7 Å². The number of nitrogens with zero attached hydrogens (tertiary/aromatic N) is 3. The third-order valence-electron chi connectivity index (χ3n) is 6.08.